The van der Waals surface area contributed by atoms with Gasteiger partial charge in [-0.05, 0) is 124 Å². The molecule has 0 aliphatic heterocycles. The van der Waals surface area contributed by atoms with Gasteiger partial charge in [-0.3, -0.25) is 0 Å². The SMILES string of the molecule is CC(C)(C)c1ccc2c(c1)C1(c3cc(C(C)(C)C)ccc3-2)c2ccccc2-c2c(N(c3cccc(-c4ccccc4)c3)c3ccccc3-c3ccccc3-c3ccccc3-c3ccccc3)cccc21. The standard InChI is InChI=1S/C69H57N/c1-67(2,3)49-39-41-56-57-42-40-50(68(4,5)6)45-63(57)69(62(56)44-49)60-35-19-17-34-59(60)66-61(69)36-22-38-65(66)70(51-28-21-27-48(43-51)46-23-9-7-10-24-46)64-37-20-18-33-58(64)55-32-16-15-31-54(55)53-30-14-13-29-52(53)47-25-11-8-12-26-47/h7-45H,1-6H3. The lowest BCUT2D eigenvalue weighted by Gasteiger charge is -2.34. The molecule has 1 spiro atoms. The molecule has 0 saturated heterocycles. The molecule has 10 aromatic carbocycles. The first-order valence-corrected chi connectivity index (χ1v) is 24.8. The van der Waals surface area contributed by atoms with Gasteiger partial charge in [0.05, 0.1) is 16.8 Å². The fraction of sp³-hybridized carbons (Fsp3) is 0.130. The van der Waals surface area contributed by atoms with E-state index in [0.29, 0.717) is 0 Å². The van der Waals surface area contributed by atoms with Gasteiger partial charge >= 0.3 is 0 Å². The van der Waals surface area contributed by atoms with Gasteiger partial charge in [-0.15, -0.1) is 0 Å². The number of nitrogens with zero attached hydrogens (tertiary/aromatic N) is 1. The lowest BCUT2D eigenvalue weighted by Crippen LogP contribution is -2.27. The van der Waals surface area contributed by atoms with Crippen molar-refractivity contribution in [1.29, 1.82) is 0 Å². The lowest BCUT2D eigenvalue weighted by molar-refractivity contribution is 0.586. The molecule has 0 aromatic heterocycles. The quantitative estimate of drug-likeness (QED) is 0.154. The summed E-state index contributed by atoms with van der Waals surface area (Å²) in [4.78, 5) is 2.56. The lowest BCUT2D eigenvalue weighted by atomic mass is 9.69. The number of benzene rings is 10. The first-order chi connectivity index (χ1) is 34.0. The maximum absolute atomic E-state index is 2.56. The molecule has 10 aromatic rings. The van der Waals surface area contributed by atoms with Crippen LogP contribution in [-0.2, 0) is 16.2 Å². The third-order valence-corrected chi connectivity index (χ3v) is 15.0. The van der Waals surface area contributed by atoms with E-state index >= 15 is 0 Å². The van der Waals surface area contributed by atoms with E-state index in [0.717, 1.165) is 22.6 Å². The van der Waals surface area contributed by atoms with Gasteiger partial charge in [0.1, 0.15) is 0 Å². The molecule has 2 aliphatic rings. The number of hydrogen-bond acceptors (Lipinski definition) is 1. The van der Waals surface area contributed by atoms with Crippen LogP contribution in [0.5, 0.6) is 0 Å². The number of hydrogen-bond donors (Lipinski definition) is 0. The average Bonchev–Trinajstić information content (AvgIpc) is 3.86. The second-order valence-corrected chi connectivity index (χ2v) is 21.2. The predicted molar refractivity (Wildman–Crippen MR) is 297 cm³/mol. The summed E-state index contributed by atoms with van der Waals surface area (Å²) < 4.78 is 0. The molecule has 0 fully saturated rings. The molecule has 0 heterocycles. The smallest absolute Gasteiger partial charge is 0.0726 e. The first kappa shape index (κ1) is 43.3. The molecule has 338 valence electrons. The molecular weight excluding hydrogens is 843 g/mol. The highest BCUT2D eigenvalue weighted by atomic mass is 15.1. The Hall–Kier alpha value is -8.00. The molecule has 2 aliphatic carbocycles. The summed E-state index contributed by atoms with van der Waals surface area (Å²) >= 11 is 0. The fourth-order valence-electron chi connectivity index (χ4n) is 11.6. The molecule has 1 heteroatoms. The summed E-state index contributed by atoms with van der Waals surface area (Å²) in [6.07, 6.45) is 0. The number of rotatable bonds is 7. The average molecular weight is 900 g/mol. The van der Waals surface area contributed by atoms with Crippen LogP contribution in [0, 0.1) is 0 Å². The van der Waals surface area contributed by atoms with Crippen LogP contribution in [0.15, 0.2) is 237 Å². The Morgan fingerprint density at radius 1 is 0.286 bits per heavy atom. The Kier molecular flexibility index (Phi) is 10.3. The third-order valence-electron chi connectivity index (χ3n) is 15.0. The van der Waals surface area contributed by atoms with E-state index in [2.05, 4.69) is 283 Å². The van der Waals surface area contributed by atoms with Crippen LogP contribution in [0.2, 0.25) is 0 Å². The van der Waals surface area contributed by atoms with Crippen LogP contribution >= 0.6 is 0 Å². The van der Waals surface area contributed by atoms with Crippen LogP contribution in [0.25, 0.3) is 66.8 Å². The monoisotopic (exact) mass is 899 g/mol. The Balaban J connectivity index is 1.16. The van der Waals surface area contributed by atoms with E-state index in [1.54, 1.807) is 0 Å². The van der Waals surface area contributed by atoms with Crippen molar-refractivity contribution in [3.63, 3.8) is 0 Å². The summed E-state index contributed by atoms with van der Waals surface area (Å²) in [5, 5.41) is 0. The van der Waals surface area contributed by atoms with Crippen molar-refractivity contribution in [2.24, 2.45) is 0 Å². The van der Waals surface area contributed by atoms with Crippen molar-refractivity contribution in [2.75, 3.05) is 4.90 Å². The Morgan fingerprint density at radius 3 is 1.34 bits per heavy atom. The first-order valence-electron chi connectivity index (χ1n) is 24.8. The van der Waals surface area contributed by atoms with Gasteiger partial charge < -0.3 is 4.90 Å². The molecule has 0 amide bonds. The Bertz CT molecular complexity index is 3550. The number of para-hydroxylation sites is 1. The summed E-state index contributed by atoms with van der Waals surface area (Å²) in [5.41, 5.74) is 25.5. The highest BCUT2D eigenvalue weighted by Crippen LogP contribution is 2.65. The van der Waals surface area contributed by atoms with Crippen molar-refractivity contribution in [1.82, 2.24) is 0 Å². The zero-order chi connectivity index (χ0) is 47.8. The summed E-state index contributed by atoms with van der Waals surface area (Å²) in [6, 6.07) is 88.6. The molecule has 0 bridgehead atoms. The summed E-state index contributed by atoms with van der Waals surface area (Å²) in [7, 11) is 0. The highest BCUT2D eigenvalue weighted by molar-refractivity contribution is 6.04. The minimum Gasteiger partial charge on any atom is -0.309 e. The van der Waals surface area contributed by atoms with Gasteiger partial charge in [0.25, 0.3) is 0 Å². The Labute approximate surface area is 414 Å². The molecule has 0 unspecified atom stereocenters. The molecule has 0 atom stereocenters. The second-order valence-electron chi connectivity index (χ2n) is 21.2. The van der Waals surface area contributed by atoms with Crippen molar-refractivity contribution in [3.05, 3.63) is 270 Å². The van der Waals surface area contributed by atoms with Crippen molar-refractivity contribution >= 4 is 17.1 Å². The van der Waals surface area contributed by atoms with E-state index in [-0.39, 0.29) is 10.8 Å². The molecule has 0 saturated carbocycles. The van der Waals surface area contributed by atoms with Crippen LogP contribution in [0.1, 0.15) is 74.9 Å². The van der Waals surface area contributed by atoms with E-state index in [9.17, 15) is 0 Å². The van der Waals surface area contributed by atoms with Crippen LogP contribution in [0.3, 0.4) is 0 Å². The number of anilines is 3. The van der Waals surface area contributed by atoms with Crippen LogP contribution in [0.4, 0.5) is 17.1 Å². The normalized spacial score (nSPS) is 13.1. The molecule has 1 nitrogen and oxygen atoms in total. The molecule has 0 radical (unpaired) electrons. The van der Waals surface area contributed by atoms with Gasteiger partial charge in [0.2, 0.25) is 0 Å². The maximum Gasteiger partial charge on any atom is 0.0726 e. The summed E-state index contributed by atoms with van der Waals surface area (Å²) in [5.74, 6) is 0. The van der Waals surface area contributed by atoms with E-state index in [1.165, 1.54) is 94.6 Å². The molecule has 12 rings (SSSR count). The molecule has 0 N–H and O–H groups in total. The van der Waals surface area contributed by atoms with Gasteiger partial charge in [0, 0.05) is 16.8 Å². The largest absolute Gasteiger partial charge is 0.309 e. The van der Waals surface area contributed by atoms with E-state index < -0.39 is 5.41 Å². The topological polar surface area (TPSA) is 3.24 Å². The van der Waals surface area contributed by atoms with Crippen molar-refractivity contribution in [2.45, 2.75) is 57.8 Å². The van der Waals surface area contributed by atoms with Gasteiger partial charge in [-0.2, -0.15) is 0 Å². The van der Waals surface area contributed by atoms with E-state index in [4.69, 9.17) is 0 Å². The zero-order valence-electron chi connectivity index (χ0n) is 41.0. The van der Waals surface area contributed by atoms with E-state index in [1.807, 2.05) is 0 Å². The molecular formula is C69H57N. The predicted octanol–water partition coefficient (Wildman–Crippen LogP) is 18.8. The van der Waals surface area contributed by atoms with Gasteiger partial charge in [-0.25, -0.2) is 0 Å². The fourth-order valence-corrected chi connectivity index (χ4v) is 11.6. The van der Waals surface area contributed by atoms with Crippen LogP contribution < -0.4 is 4.90 Å². The van der Waals surface area contributed by atoms with Crippen molar-refractivity contribution in [3.8, 4) is 66.8 Å². The van der Waals surface area contributed by atoms with Crippen molar-refractivity contribution < 1.29 is 0 Å². The second kappa shape index (κ2) is 16.6. The minimum absolute atomic E-state index is 0.0352. The minimum atomic E-state index is -0.542. The highest BCUT2D eigenvalue weighted by Gasteiger charge is 2.53. The number of fused-ring (bicyclic) bond motifs is 10. The van der Waals surface area contributed by atoms with Gasteiger partial charge in [0.15, 0.2) is 0 Å². The maximum atomic E-state index is 2.56. The Morgan fingerprint density at radius 2 is 0.729 bits per heavy atom. The third kappa shape index (κ3) is 6.90. The van der Waals surface area contributed by atoms with Crippen LogP contribution in [-0.4, -0.2) is 0 Å². The molecule has 70 heavy (non-hydrogen) atoms. The summed E-state index contributed by atoms with van der Waals surface area (Å²) in [6.45, 7) is 14.0. The zero-order valence-corrected chi connectivity index (χ0v) is 41.0. The van der Waals surface area contributed by atoms with Gasteiger partial charge in [-0.1, -0.05) is 254 Å².